The highest BCUT2D eigenvalue weighted by molar-refractivity contribution is 6.23. The summed E-state index contributed by atoms with van der Waals surface area (Å²) in [7, 11) is 1.18. The predicted molar refractivity (Wildman–Crippen MR) is 56.7 cm³/mol. The van der Waals surface area contributed by atoms with E-state index in [1.807, 2.05) is 0 Å². The smallest absolute Gasteiger partial charge is 0.345 e. The fraction of sp³-hybridized carbons (Fsp3) is 0.167. The van der Waals surface area contributed by atoms with Crippen molar-refractivity contribution in [3.63, 3.8) is 0 Å². The molecule has 0 fully saturated rings. The molecule has 1 aromatic carbocycles. The second-order valence-electron chi connectivity index (χ2n) is 3.47. The number of ether oxygens (including phenoxy) is 1. The van der Waals surface area contributed by atoms with Gasteiger partial charge in [0, 0.05) is 12.0 Å². The molecule has 0 saturated carbocycles. The average Bonchev–Trinajstić information content (AvgIpc) is 2.28. The number of fused-ring (bicyclic) bond motifs is 1. The molecule has 0 unspecified atom stereocenters. The monoisotopic (exact) mass is 218 g/mol. The molecular formula is C12H10O4. The van der Waals surface area contributed by atoms with Crippen LogP contribution in [0.1, 0.15) is 11.1 Å². The number of esters is 1. The van der Waals surface area contributed by atoms with Crippen molar-refractivity contribution in [1.29, 1.82) is 0 Å². The number of aliphatic hydroxyl groups is 1. The van der Waals surface area contributed by atoms with Crippen molar-refractivity contribution >= 4 is 17.5 Å². The van der Waals surface area contributed by atoms with Crippen LogP contribution in [0.2, 0.25) is 0 Å². The van der Waals surface area contributed by atoms with Crippen LogP contribution in [0.3, 0.4) is 0 Å². The maximum absolute atomic E-state index is 11.6. The second kappa shape index (κ2) is 3.81. The summed E-state index contributed by atoms with van der Waals surface area (Å²) in [6.45, 7) is 0. The molecule has 2 rings (SSSR count). The molecule has 82 valence electrons. The van der Waals surface area contributed by atoms with Crippen LogP contribution in [-0.4, -0.2) is 24.0 Å². The molecule has 16 heavy (non-hydrogen) atoms. The molecule has 0 spiro atoms. The van der Waals surface area contributed by atoms with Crippen LogP contribution in [0.25, 0.3) is 5.76 Å². The standard InChI is InChI=1S/C12H10O4/c1-16-12(15)10-9(13)6-7-4-2-3-5-8(7)11(10)14/h2-5,14H,6H2,1H3. The van der Waals surface area contributed by atoms with Crippen molar-refractivity contribution < 1.29 is 19.4 Å². The van der Waals surface area contributed by atoms with E-state index in [1.165, 1.54) is 7.11 Å². The summed E-state index contributed by atoms with van der Waals surface area (Å²) < 4.78 is 4.47. The molecule has 4 nitrogen and oxygen atoms in total. The molecular weight excluding hydrogens is 208 g/mol. The molecule has 1 N–H and O–H groups in total. The zero-order chi connectivity index (χ0) is 11.7. The normalized spacial score (nSPS) is 14.7. The second-order valence-corrected chi connectivity index (χ2v) is 3.47. The lowest BCUT2D eigenvalue weighted by atomic mass is 9.89. The number of hydrogen-bond donors (Lipinski definition) is 1. The Morgan fingerprint density at radius 2 is 2.06 bits per heavy atom. The minimum absolute atomic E-state index is 0.116. The third-order valence-electron chi connectivity index (χ3n) is 2.53. The van der Waals surface area contributed by atoms with Gasteiger partial charge in [0.2, 0.25) is 0 Å². The van der Waals surface area contributed by atoms with Gasteiger partial charge in [0.15, 0.2) is 5.78 Å². The number of carbonyl (C=O) groups is 2. The van der Waals surface area contributed by atoms with Crippen LogP contribution in [0.15, 0.2) is 29.8 Å². The van der Waals surface area contributed by atoms with Crippen molar-refractivity contribution in [2.24, 2.45) is 0 Å². The molecule has 0 aliphatic heterocycles. The van der Waals surface area contributed by atoms with Crippen LogP contribution in [0, 0.1) is 0 Å². The first-order chi connectivity index (χ1) is 7.65. The number of carbonyl (C=O) groups excluding carboxylic acids is 2. The van der Waals surface area contributed by atoms with Crippen molar-refractivity contribution in [3.8, 4) is 0 Å². The van der Waals surface area contributed by atoms with E-state index in [9.17, 15) is 14.7 Å². The van der Waals surface area contributed by atoms with Crippen molar-refractivity contribution in [3.05, 3.63) is 41.0 Å². The predicted octanol–water partition coefficient (Wildman–Crippen LogP) is 1.25. The van der Waals surface area contributed by atoms with Gasteiger partial charge >= 0.3 is 5.97 Å². The van der Waals surface area contributed by atoms with E-state index in [2.05, 4.69) is 4.74 Å². The summed E-state index contributed by atoms with van der Waals surface area (Å²) in [5.74, 6) is -1.50. The summed E-state index contributed by atoms with van der Waals surface area (Å²) in [5, 5.41) is 9.85. The lowest BCUT2D eigenvalue weighted by Gasteiger charge is -2.16. The van der Waals surface area contributed by atoms with E-state index in [4.69, 9.17) is 0 Å². The third-order valence-corrected chi connectivity index (χ3v) is 2.53. The van der Waals surface area contributed by atoms with Crippen molar-refractivity contribution in [1.82, 2.24) is 0 Å². The Morgan fingerprint density at radius 1 is 1.38 bits per heavy atom. The van der Waals surface area contributed by atoms with E-state index < -0.39 is 11.8 Å². The molecule has 1 aliphatic rings. The van der Waals surface area contributed by atoms with Gasteiger partial charge in [0.1, 0.15) is 11.3 Å². The van der Waals surface area contributed by atoms with Gasteiger partial charge in [-0.05, 0) is 5.56 Å². The van der Waals surface area contributed by atoms with E-state index in [0.717, 1.165) is 5.56 Å². The van der Waals surface area contributed by atoms with E-state index >= 15 is 0 Å². The zero-order valence-corrected chi connectivity index (χ0v) is 8.69. The fourth-order valence-corrected chi connectivity index (χ4v) is 1.75. The maximum Gasteiger partial charge on any atom is 0.345 e. The highest BCUT2D eigenvalue weighted by atomic mass is 16.5. The molecule has 0 atom stereocenters. The molecule has 0 heterocycles. The Kier molecular flexibility index (Phi) is 2.48. The summed E-state index contributed by atoms with van der Waals surface area (Å²) >= 11 is 0. The highest BCUT2D eigenvalue weighted by Gasteiger charge is 2.30. The molecule has 0 bridgehead atoms. The Hall–Kier alpha value is -2.10. The van der Waals surface area contributed by atoms with Crippen LogP contribution in [0.4, 0.5) is 0 Å². The summed E-state index contributed by atoms with van der Waals surface area (Å²) in [6, 6.07) is 6.93. The molecule has 0 aromatic heterocycles. The van der Waals surface area contributed by atoms with Crippen LogP contribution < -0.4 is 0 Å². The molecule has 1 aromatic rings. The summed E-state index contributed by atoms with van der Waals surface area (Å²) in [4.78, 5) is 23.0. The Labute approximate surface area is 92.2 Å². The van der Waals surface area contributed by atoms with Gasteiger partial charge < -0.3 is 9.84 Å². The Morgan fingerprint density at radius 3 is 2.75 bits per heavy atom. The SMILES string of the molecule is COC(=O)C1=C(O)c2ccccc2CC1=O. The number of rotatable bonds is 1. The topological polar surface area (TPSA) is 63.6 Å². The van der Waals surface area contributed by atoms with E-state index in [-0.39, 0.29) is 17.8 Å². The van der Waals surface area contributed by atoms with Gasteiger partial charge in [-0.3, -0.25) is 4.79 Å². The number of methoxy groups -OCH3 is 1. The zero-order valence-electron chi connectivity index (χ0n) is 8.69. The first-order valence-corrected chi connectivity index (χ1v) is 4.78. The van der Waals surface area contributed by atoms with Crippen molar-refractivity contribution in [2.75, 3.05) is 7.11 Å². The van der Waals surface area contributed by atoms with Crippen LogP contribution in [0.5, 0.6) is 0 Å². The van der Waals surface area contributed by atoms with Gasteiger partial charge in [0.05, 0.1) is 7.11 Å². The van der Waals surface area contributed by atoms with Crippen LogP contribution in [-0.2, 0) is 20.7 Å². The van der Waals surface area contributed by atoms with Gasteiger partial charge in [-0.15, -0.1) is 0 Å². The molecule has 0 saturated heterocycles. The molecule has 1 aliphatic carbocycles. The highest BCUT2D eigenvalue weighted by Crippen LogP contribution is 2.27. The van der Waals surface area contributed by atoms with Crippen LogP contribution >= 0.6 is 0 Å². The number of aliphatic hydroxyl groups excluding tert-OH is 1. The van der Waals surface area contributed by atoms with Crippen molar-refractivity contribution in [2.45, 2.75) is 6.42 Å². The number of ketones is 1. The lowest BCUT2D eigenvalue weighted by Crippen LogP contribution is -2.22. The maximum atomic E-state index is 11.6. The average molecular weight is 218 g/mol. The molecule has 4 heteroatoms. The largest absolute Gasteiger partial charge is 0.506 e. The Bertz CT molecular complexity index is 499. The minimum Gasteiger partial charge on any atom is -0.506 e. The quantitative estimate of drug-likeness (QED) is 0.569. The summed E-state index contributed by atoms with van der Waals surface area (Å²) in [5.41, 5.74) is 0.973. The van der Waals surface area contributed by atoms with Gasteiger partial charge in [-0.25, -0.2) is 4.79 Å². The number of benzene rings is 1. The minimum atomic E-state index is -0.794. The summed E-state index contributed by atoms with van der Waals surface area (Å²) in [6.07, 6.45) is 0.116. The number of Topliss-reactive ketones (excluding diaryl/α,β-unsaturated/α-hetero) is 1. The van der Waals surface area contributed by atoms with Gasteiger partial charge in [-0.1, -0.05) is 24.3 Å². The van der Waals surface area contributed by atoms with E-state index in [1.54, 1.807) is 24.3 Å². The van der Waals surface area contributed by atoms with Gasteiger partial charge in [0.25, 0.3) is 0 Å². The fourth-order valence-electron chi connectivity index (χ4n) is 1.75. The third kappa shape index (κ3) is 1.48. The molecule has 0 radical (unpaired) electrons. The first-order valence-electron chi connectivity index (χ1n) is 4.78. The van der Waals surface area contributed by atoms with Gasteiger partial charge in [-0.2, -0.15) is 0 Å². The van der Waals surface area contributed by atoms with E-state index in [0.29, 0.717) is 5.56 Å². The Balaban J connectivity index is 2.61. The first kappa shape index (κ1) is 10.4. The number of hydrogen-bond acceptors (Lipinski definition) is 4. The lowest BCUT2D eigenvalue weighted by molar-refractivity contribution is -0.137. The molecule has 0 amide bonds.